The van der Waals surface area contributed by atoms with Crippen LogP contribution in [0, 0.1) is 12.7 Å². The lowest BCUT2D eigenvalue weighted by molar-refractivity contribution is -0.0136. The van der Waals surface area contributed by atoms with Crippen LogP contribution in [-0.2, 0) is 4.74 Å². The molecule has 4 rings (SSSR count). The van der Waals surface area contributed by atoms with Gasteiger partial charge in [-0.1, -0.05) is 0 Å². The summed E-state index contributed by atoms with van der Waals surface area (Å²) in [7, 11) is 0. The van der Waals surface area contributed by atoms with Crippen LogP contribution in [0.3, 0.4) is 0 Å². The van der Waals surface area contributed by atoms with Crippen molar-refractivity contribution in [1.82, 2.24) is 19.5 Å². The minimum atomic E-state index is -0.639. The molecular weight excluding hydrogens is 437 g/mol. The molecule has 184 valence electrons. The van der Waals surface area contributed by atoms with Crippen molar-refractivity contribution in [2.75, 3.05) is 30.4 Å². The first-order valence-corrected chi connectivity index (χ1v) is 11.7. The fourth-order valence-corrected chi connectivity index (χ4v) is 4.11. The average molecular weight is 472 g/mol. The summed E-state index contributed by atoms with van der Waals surface area (Å²) in [5.41, 5.74) is 8.53. The van der Waals surface area contributed by atoms with Gasteiger partial charge in [-0.25, -0.2) is 19.3 Å². The zero-order valence-electron chi connectivity index (χ0n) is 20.4. The maximum absolute atomic E-state index is 15.3. The van der Waals surface area contributed by atoms with E-state index >= 15 is 4.39 Å². The van der Waals surface area contributed by atoms with E-state index in [1.165, 1.54) is 6.07 Å². The number of halogens is 1. The molecular formula is C24H34FN7O2. The van der Waals surface area contributed by atoms with Crippen molar-refractivity contribution in [1.29, 1.82) is 0 Å². The highest BCUT2D eigenvalue weighted by Gasteiger charge is 2.26. The number of nitrogens with one attached hydrogen (secondary N) is 2. The first-order valence-electron chi connectivity index (χ1n) is 11.7. The van der Waals surface area contributed by atoms with E-state index in [2.05, 4.69) is 25.6 Å². The molecule has 2 aromatic heterocycles. The lowest BCUT2D eigenvalue weighted by atomic mass is 10.1. The second kappa shape index (κ2) is 9.44. The van der Waals surface area contributed by atoms with Crippen LogP contribution in [0.25, 0.3) is 22.3 Å². The van der Waals surface area contributed by atoms with E-state index < -0.39 is 17.5 Å². The molecule has 3 heterocycles. The summed E-state index contributed by atoms with van der Waals surface area (Å²) in [5.74, 6) is 0.538. The number of aliphatic hydroxyl groups excluding tert-OH is 1. The summed E-state index contributed by atoms with van der Waals surface area (Å²) >= 11 is 0. The number of hydrogen-bond acceptors (Lipinski definition) is 8. The zero-order chi connectivity index (χ0) is 24.6. The zero-order valence-corrected chi connectivity index (χ0v) is 20.4. The predicted molar refractivity (Wildman–Crippen MR) is 131 cm³/mol. The quantitative estimate of drug-likeness (QED) is 0.414. The average Bonchev–Trinajstić information content (AvgIpc) is 3.14. The lowest BCUT2D eigenvalue weighted by Gasteiger charge is -2.28. The van der Waals surface area contributed by atoms with Gasteiger partial charge in [0.25, 0.3) is 0 Å². The maximum Gasteiger partial charge on any atom is 0.223 e. The van der Waals surface area contributed by atoms with Crippen LogP contribution < -0.4 is 16.4 Å². The van der Waals surface area contributed by atoms with Gasteiger partial charge in [-0.2, -0.15) is 0 Å². The van der Waals surface area contributed by atoms with Gasteiger partial charge in [0, 0.05) is 36.5 Å². The molecule has 0 bridgehead atoms. The largest absolute Gasteiger partial charge is 0.389 e. The van der Waals surface area contributed by atoms with Crippen molar-refractivity contribution in [3.63, 3.8) is 0 Å². The molecule has 0 amide bonds. The molecule has 2 atom stereocenters. The first kappa shape index (κ1) is 24.3. The molecule has 10 heteroatoms. The van der Waals surface area contributed by atoms with Gasteiger partial charge in [0.05, 0.1) is 30.0 Å². The molecule has 1 aromatic carbocycles. The Hall–Kier alpha value is -2.82. The minimum Gasteiger partial charge on any atom is -0.389 e. The molecule has 0 aliphatic carbocycles. The number of aromatic nitrogens is 4. The maximum atomic E-state index is 15.3. The van der Waals surface area contributed by atoms with Crippen molar-refractivity contribution in [2.45, 2.75) is 64.8 Å². The molecule has 1 aliphatic heterocycles. The molecule has 1 fully saturated rings. The van der Waals surface area contributed by atoms with E-state index in [1.807, 2.05) is 45.3 Å². The Morgan fingerprint density at radius 1 is 1.32 bits per heavy atom. The van der Waals surface area contributed by atoms with Crippen molar-refractivity contribution in [2.24, 2.45) is 5.73 Å². The molecule has 5 N–H and O–H groups in total. The summed E-state index contributed by atoms with van der Waals surface area (Å²) in [5, 5.41) is 16.7. The fraction of sp³-hybridized carbons (Fsp3) is 0.542. The Kier molecular flexibility index (Phi) is 6.75. The van der Waals surface area contributed by atoms with Crippen LogP contribution in [0.4, 0.5) is 16.3 Å². The summed E-state index contributed by atoms with van der Waals surface area (Å²) in [6.07, 6.45) is 1.71. The third-order valence-electron chi connectivity index (χ3n) is 6.11. The first-order chi connectivity index (χ1) is 16.1. The Morgan fingerprint density at radius 2 is 2.09 bits per heavy atom. The predicted octanol–water partition coefficient (Wildman–Crippen LogP) is 3.23. The number of fused-ring (bicyclic) bond motifs is 1. The molecule has 0 saturated carbocycles. The van der Waals surface area contributed by atoms with Crippen molar-refractivity contribution >= 4 is 22.9 Å². The number of aryl methyl sites for hydroxylation is 1. The van der Waals surface area contributed by atoms with Crippen LogP contribution >= 0.6 is 0 Å². The SMILES string of the molecule is Cc1cnc(N[C@@H]2CCOC[C@H]2O)nc1-c1cc(F)c2nc(NC(C)(C)CN)n(C(C)C)c2c1. The minimum absolute atomic E-state index is 0.0365. The van der Waals surface area contributed by atoms with Crippen LogP contribution in [0.5, 0.6) is 0 Å². The Balaban J connectivity index is 1.77. The van der Waals surface area contributed by atoms with Gasteiger partial charge in [-0.15, -0.1) is 0 Å². The third kappa shape index (κ3) is 4.84. The molecule has 34 heavy (non-hydrogen) atoms. The second-order valence-electron chi connectivity index (χ2n) is 9.84. The Bertz CT molecular complexity index is 1180. The van der Waals surface area contributed by atoms with Gasteiger partial charge < -0.3 is 30.8 Å². The van der Waals surface area contributed by atoms with Crippen LogP contribution in [0.2, 0.25) is 0 Å². The van der Waals surface area contributed by atoms with Crippen LogP contribution in [0.1, 0.15) is 45.7 Å². The number of ether oxygens (including phenoxy) is 1. The van der Waals surface area contributed by atoms with Gasteiger partial charge in [-0.3, -0.25) is 0 Å². The molecule has 9 nitrogen and oxygen atoms in total. The number of rotatable bonds is 7. The Labute approximate surface area is 198 Å². The molecule has 0 unspecified atom stereocenters. The van der Waals surface area contributed by atoms with Crippen LogP contribution in [0.15, 0.2) is 18.3 Å². The van der Waals surface area contributed by atoms with Crippen molar-refractivity contribution in [3.05, 3.63) is 29.7 Å². The number of nitrogens with two attached hydrogens (primary N) is 1. The monoisotopic (exact) mass is 471 g/mol. The number of nitrogens with zero attached hydrogens (tertiary/aromatic N) is 4. The molecule has 1 aliphatic rings. The lowest BCUT2D eigenvalue weighted by Crippen LogP contribution is -2.42. The third-order valence-corrected chi connectivity index (χ3v) is 6.11. The van der Waals surface area contributed by atoms with E-state index in [4.69, 9.17) is 10.5 Å². The number of imidazole rings is 1. The van der Waals surface area contributed by atoms with E-state index in [0.717, 1.165) is 5.56 Å². The van der Waals surface area contributed by atoms with Gasteiger partial charge in [0.1, 0.15) is 5.52 Å². The number of aliphatic hydroxyl groups is 1. The van der Waals surface area contributed by atoms with Gasteiger partial charge >= 0.3 is 0 Å². The fourth-order valence-electron chi connectivity index (χ4n) is 4.11. The van der Waals surface area contributed by atoms with E-state index in [-0.39, 0.29) is 18.7 Å². The summed E-state index contributed by atoms with van der Waals surface area (Å²) in [6.45, 7) is 11.1. The van der Waals surface area contributed by atoms with Gasteiger partial charge in [-0.05, 0) is 58.7 Å². The van der Waals surface area contributed by atoms with Crippen molar-refractivity contribution in [3.8, 4) is 11.3 Å². The summed E-state index contributed by atoms with van der Waals surface area (Å²) in [6, 6.07) is 3.20. The smallest absolute Gasteiger partial charge is 0.223 e. The number of anilines is 2. The topological polar surface area (TPSA) is 123 Å². The summed E-state index contributed by atoms with van der Waals surface area (Å²) < 4.78 is 22.6. The van der Waals surface area contributed by atoms with Crippen molar-refractivity contribution < 1.29 is 14.2 Å². The normalized spacial score (nSPS) is 19.1. The van der Waals surface area contributed by atoms with Crippen LogP contribution in [-0.4, -0.2) is 62.1 Å². The molecule has 0 spiro atoms. The standard InChI is InChI=1S/C24H34FN7O2/c1-13(2)32-18-9-15(8-16(25)21(18)30-23(32)31-24(4,5)12-26)20-14(3)10-27-22(29-20)28-17-6-7-34-11-19(17)33/h8-10,13,17,19,33H,6-7,11-12,26H2,1-5H3,(H,30,31)(H,27,28,29)/t17-,19-/m1/s1. The number of hydrogen-bond donors (Lipinski definition) is 4. The second-order valence-corrected chi connectivity index (χ2v) is 9.84. The van der Waals surface area contributed by atoms with E-state index in [1.54, 1.807) is 6.20 Å². The van der Waals surface area contributed by atoms with Gasteiger partial charge in [0.2, 0.25) is 11.9 Å². The highest BCUT2D eigenvalue weighted by molar-refractivity contribution is 5.85. The highest BCUT2D eigenvalue weighted by Crippen LogP contribution is 2.33. The number of benzene rings is 1. The highest BCUT2D eigenvalue weighted by atomic mass is 19.1. The molecule has 3 aromatic rings. The molecule has 1 saturated heterocycles. The van der Waals surface area contributed by atoms with E-state index in [0.29, 0.717) is 53.8 Å². The van der Waals surface area contributed by atoms with Gasteiger partial charge in [0.15, 0.2) is 5.82 Å². The van der Waals surface area contributed by atoms with E-state index in [9.17, 15) is 5.11 Å². The summed E-state index contributed by atoms with van der Waals surface area (Å²) in [4.78, 5) is 13.6. The molecule has 0 radical (unpaired) electrons. The Morgan fingerprint density at radius 3 is 2.76 bits per heavy atom.